The molecule has 0 aliphatic carbocycles. The first-order valence-corrected chi connectivity index (χ1v) is 11.1. The van der Waals surface area contributed by atoms with E-state index in [0.29, 0.717) is 19.6 Å². The number of halogens is 1. The highest BCUT2D eigenvalue weighted by atomic mass is 35.5. The second kappa shape index (κ2) is 9.71. The number of hydrogen-bond donors (Lipinski definition) is 1. The molecule has 0 saturated carbocycles. The van der Waals surface area contributed by atoms with Gasteiger partial charge < -0.3 is 10.2 Å². The molecular weight excluding hydrogens is 402 g/mol. The van der Waals surface area contributed by atoms with E-state index in [-0.39, 0.29) is 27.9 Å². The molecule has 0 aliphatic heterocycles. The number of nitrogens with one attached hydrogen (secondary N) is 1. The van der Waals surface area contributed by atoms with Gasteiger partial charge in [0.15, 0.2) is 0 Å². The molecule has 0 fully saturated rings. The van der Waals surface area contributed by atoms with Gasteiger partial charge in [-0.25, -0.2) is 8.42 Å². The topological polar surface area (TPSA) is 86.8 Å². The van der Waals surface area contributed by atoms with Gasteiger partial charge in [0.2, 0.25) is 15.9 Å². The highest BCUT2D eigenvalue weighted by molar-refractivity contribution is 7.89. The summed E-state index contributed by atoms with van der Waals surface area (Å²) < 4.78 is 26.9. The molecule has 1 aromatic carbocycles. The zero-order valence-electron chi connectivity index (χ0n) is 17.4. The van der Waals surface area contributed by atoms with Gasteiger partial charge in [0, 0.05) is 30.7 Å². The fraction of sp³-hybridized carbons (Fsp3) is 0.579. The first kappa shape index (κ1) is 24.4. The lowest BCUT2D eigenvalue weighted by molar-refractivity contribution is -0.123. The number of likely N-dealkylation sites (N-methyl/N-ethyl adjacent to an activating group) is 1. The van der Waals surface area contributed by atoms with E-state index < -0.39 is 21.5 Å². The Bertz CT molecular complexity index is 815. The Morgan fingerprint density at radius 2 is 1.64 bits per heavy atom. The normalized spacial score (nSPS) is 12.1. The number of carbonyl (C=O) groups excluding carboxylic acids is 2. The molecule has 158 valence electrons. The Kier molecular flexibility index (Phi) is 8.46. The van der Waals surface area contributed by atoms with E-state index in [9.17, 15) is 18.0 Å². The van der Waals surface area contributed by atoms with Gasteiger partial charge in [-0.1, -0.05) is 25.4 Å². The van der Waals surface area contributed by atoms with Crippen LogP contribution in [-0.4, -0.2) is 61.2 Å². The largest absolute Gasteiger partial charge is 0.350 e. The number of amides is 2. The molecule has 1 N–H and O–H groups in total. The molecule has 0 unspecified atom stereocenters. The van der Waals surface area contributed by atoms with Crippen LogP contribution in [0.4, 0.5) is 0 Å². The highest BCUT2D eigenvalue weighted by Gasteiger charge is 2.27. The Balaban J connectivity index is 3.19. The Morgan fingerprint density at radius 3 is 2.11 bits per heavy atom. The first-order chi connectivity index (χ1) is 12.9. The van der Waals surface area contributed by atoms with Gasteiger partial charge in [-0.3, -0.25) is 9.59 Å². The average molecular weight is 432 g/mol. The van der Waals surface area contributed by atoms with Crippen molar-refractivity contribution < 1.29 is 18.0 Å². The number of carbonyl (C=O) groups is 2. The third kappa shape index (κ3) is 6.18. The summed E-state index contributed by atoms with van der Waals surface area (Å²) >= 11 is 6.12. The molecule has 0 aromatic heterocycles. The van der Waals surface area contributed by atoms with E-state index in [1.54, 1.807) is 20.8 Å². The standard InChI is InChI=1S/C19H30ClN3O4S/c1-7-22(13-17(24)21-19(4,5)6)18(25)14-10-11-15(20)16(12-14)28(26,27)23(8-2)9-3/h10-12H,7-9,13H2,1-6H3,(H,21,24). The maximum atomic E-state index is 12.9. The minimum absolute atomic E-state index is 0.0528. The molecule has 0 saturated heterocycles. The monoisotopic (exact) mass is 431 g/mol. The SMILES string of the molecule is CCN(CC(=O)NC(C)(C)C)C(=O)c1ccc(Cl)c(S(=O)(=O)N(CC)CC)c1. The summed E-state index contributed by atoms with van der Waals surface area (Å²) in [5, 5.41) is 2.86. The zero-order chi connectivity index (χ0) is 21.7. The van der Waals surface area contributed by atoms with Crippen molar-refractivity contribution in [2.75, 3.05) is 26.2 Å². The maximum Gasteiger partial charge on any atom is 0.254 e. The Morgan fingerprint density at radius 1 is 1.07 bits per heavy atom. The van der Waals surface area contributed by atoms with Crippen LogP contribution in [0.2, 0.25) is 5.02 Å². The van der Waals surface area contributed by atoms with Crippen LogP contribution in [0.3, 0.4) is 0 Å². The van der Waals surface area contributed by atoms with Crippen LogP contribution in [0.15, 0.2) is 23.1 Å². The number of benzene rings is 1. The van der Waals surface area contributed by atoms with E-state index >= 15 is 0 Å². The maximum absolute atomic E-state index is 12.9. The summed E-state index contributed by atoms with van der Waals surface area (Å²) in [5.41, 5.74) is -0.245. The summed E-state index contributed by atoms with van der Waals surface area (Å²) in [5.74, 6) is -0.716. The predicted octanol–water partition coefficient (Wildman–Crippen LogP) is 2.75. The smallest absolute Gasteiger partial charge is 0.254 e. The van der Waals surface area contributed by atoms with E-state index in [0.717, 1.165) is 0 Å². The lowest BCUT2D eigenvalue weighted by Gasteiger charge is -2.25. The summed E-state index contributed by atoms with van der Waals surface area (Å²) in [4.78, 5) is 26.3. The van der Waals surface area contributed by atoms with Gasteiger partial charge in [0.25, 0.3) is 5.91 Å². The molecule has 0 bridgehead atoms. The van der Waals surface area contributed by atoms with Crippen LogP contribution in [0.5, 0.6) is 0 Å². The molecule has 0 atom stereocenters. The third-order valence-corrected chi connectivity index (χ3v) is 6.55. The van der Waals surface area contributed by atoms with Crippen molar-refractivity contribution in [3.63, 3.8) is 0 Å². The van der Waals surface area contributed by atoms with Gasteiger partial charge in [0.1, 0.15) is 4.90 Å². The van der Waals surface area contributed by atoms with Crippen LogP contribution in [-0.2, 0) is 14.8 Å². The lowest BCUT2D eigenvalue weighted by atomic mass is 10.1. The summed E-state index contributed by atoms with van der Waals surface area (Å²) in [6.07, 6.45) is 0. The van der Waals surface area contributed by atoms with E-state index in [2.05, 4.69) is 5.32 Å². The molecule has 0 spiro atoms. The van der Waals surface area contributed by atoms with Crippen molar-refractivity contribution in [1.82, 2.24) is 14.5 Å². The Hall–Kier alpha value is -1.64. The van der Waals surface area contributed by atoms with Gasteiger partial charge in [0.05, 0.1) is 11.6 Å². The number of nitrogens with zero attached hydrogens (tertiary/aromatic N) is 2. The number of rotatable bonds is 8. The second-order valence-corrected chi connectivity index (χ2v) is 9.67. The van der Waals surface area contributed by atoms with Gasteiger partial charge in [-0.05, 0) is 45.9 Å². The number of hydrogen-bond acceptors (Lipinski definition) is 4. The van der Waals surface area contributed by atoms with Crippen LogP contribution < -0.4 is 5.32 Å². The van der Waals surface area contributed by atoms with Gasteiger partial charge >= 0.3 is 0 Å². The van der Waals surface area contributed by atoms with Crippen molar-refractivity contribution in [3.05, 3.63) is 28.8 Å². The summed E-state index contributed by atoms with van der Waals surface area (Å²) in [7, 11) is -3.82. The molecule has 1 aromatic rings. The molecule has 28 heavy (non-hydrogen) atoms. The van der Waals surface area contributed by atoms with E-state index in [1.807, 2.05) is 20.8 Å². The predicted molar refractivity (Wildman–Crippen MR) is 111 cm³/mol. The van der Waals surface area contributed by atoms with Crippen molar-refractivity contribution in [3.8, 4) is 0 Å². The minimum Gasteiger partial charge on any atom is -0.350 e. The second-order valence-electron chi connectivity index (χ2n) is 7.35. The molecule has 0 radical (unpaired) electrons. The zero-order valence-corrected chi connectivity index (χ0v) is 18.9. The van der Waals surface area contributed by atoms with Crippen molar-refractivity contribution >= 4 is 33.4 Å². The summed E-state index contributed by atoms with van der Waals surface area (Å²) in [6, 6.07) is 4.15. The molecule has 0 heterocycles. The molecule has 9 heteroatoms. The molecule has 7 nitrogen and oxygen atoms in total. The fourth-order valence-electron chi connectivity index (χ4n) is 2.68. The first-order valence-electron chi connectivity index (χ1n) is 9.27. The summed E-state index contributed by atoms with van der Waals surface area (Å²) in [6.45, 7) is 11.6. The van der Waals surface area contributed by atoms with Gasteiger partial charge in [-0.2, -0.15) is 4.31 Å². The van der Waals surface area contributed by atoms with Crippen molar-refractivity contribution in [1.29, 1.82) is 0 Å². The fourth-order valence-corrected chi connectivity index (χ4v) is 4.64. The van der Waals surface area contributed by atoms with Crippen molar-refractivity contribution in [2.45, 2.75) is 52.0 Å². The minimum atomic E-state index is -3.82. The molecule has 1 rings (SSSR count). The van der Waals surface area contributed by atoms with Crippen LogP contribution in [0, 0.1) is 0 Å². The van der Waals surface area contributed by atoms with E-state index in [1.165, 1.54) is 27.4 Å². The lowest BCUT2D eigenvalue weighted by Crippen LogP contribution is -2.47. The molecular formula is C19H30ClN3O4S. The van der Waals surface area contributed by atoms with Crippen LogP contribution >= 0.6 is 11.6 Å². The van der Waals surface area contributed by atoms with Crippen molar-refractivity contribution in [2.24, 2.45) is 0 Å². The van der Waals surface area contributed by atoms with Crippen LogP contribution in [0.1, 0.15) is 51.9 Å². The molecule has 2 amide bonds. The van der Waals surface area contributed by atoms with Gasteiger partial charge in [-0.15, -0.1) is 0 Å². The van der Waals surface area contributed by atoms with E-state index in [4.69, 9.17) is 11.6 Å². The Labute approximate surface area is 173 Å². The third-order valence-electron chi connectivity index (χ3n) is 4.02. The van der Waals surface area contributed by atoms with Crippen LogP contribution in [0.25, 0.3) is 0 Å². The quantitative estimate of drug-likeness (QED) is 0.685. The highest BCUT2D eigenvalue weighted by Crippen LogP contribution is 2.26. The molecule has 0 aliphatic rings. The average Bonchev–Trinajstić information content (AvgIpc) is 2.58. The number of sulfonamides is 1.